The molecule has 2 aliphatic carbocycles. The van der Waals surface area contributed by atoms with Gasteiger partial charge in [-0.15, -0.1) is 0 Å². The Morgan fingerprint density at radius 2 is 0.583 bits per heavy atom. The molecule has 0 spiro atoms. The molecule has 0 saturated heterocycles. The van der Waals surface area contributed by atoms with E-state index in [-0.39, 0.29) is 9.41 Å². The zero-order valence-corrected chi connectivity index (χ0v) is 19.9. The smallest absolute Gasteiger partial charge is 1.00 e. The van der Waals surface area contributed by atoms with Gasteiger partial charge in [0.15, 0.2) is 0 Å². The summed E-state index contributed by atoms with van der Waals surface area (Å²) in [5.41, 5.74) is 12.1. The molecule has 0 aromatic carbocycles. The van der Waals surface area contributed by atoms with Gasteiger partial charge >= 0.3 is 162 Å². The van der Waals surface area contributed by atoms with Crippen molar-refractivity contribution in [2.75, 3.05) is 0 Å². The second-order valence-corrected chi connectivity index (χ2v) is 10.4. The predicted molar refractivity (Wildman–Crippen MR) is 90.2 cm³/mol. The Balaban J connectivity index is 0. The maximum Gasteiger partial charge on any atom is -1.00 e. The van der Waals surface area contributed by atoms with Crippen molar-refractivity contribution in [3.05, 3.63) is 44.6 Å². The molecule has 0 amide bonds. The molecule has 0 atom stereocenters. The maximum atomic E-state index is 2.30. The zero-order chi connectivity index (χ0) is 17.6. The van der Waals surface area contributed by atoms with Crippen LogP contribution in [0, 0.1) is 0 Å². The summed E-state index contributed by atoms with van der Waals surface area (Å²) in [7, 11) is 0. The van der Waals surface area contributed by atoms with Crippen LogP contribution in [0.15, 0.2) is 44.6 Å². The molecule has 2 aliphatic rings. The van der Waals surface area contributed by atoms with Crippen molar-refractivity contribution in [2.24, 2.45) is 0 Å². The monoisotopic (exact) mass is 404 g/mol. The van der Waals surface area contributed by atoms with Crippen LogP contribution in [0.25, 0.3) is 0 Å². The SMILES string of the molecule is CC1=C(C)[C](C)([Ti+3])C(C)=C1C.CC1=C(C)[C](C)([Ti+3])C(C)=C1C.[F-].[F-]. The summed E-state index contributed by atoms with van der Waals surface area (Å²) in [6, 6.07) is 0. The first-order valence-corrected chi connectivity index (χ1v) is 9.56. The van der Waals surface area contributed by atoms with Gasteiger partial charge in [0.05, 0.1) is 0 Å². The van der Waals surface area contributed by atoms with Crippen LogP contribution in [0.4, 0.5) is 0 Å². The van der Waals surface area contributed by atoms with Crippen LogP contribution in [0.5, 0.6) is 0 Å². The van der Waals surface area contributed by atoms with Gasteiger partial charge in [0, 0.05) is 0 Å². The summed E-state index contributed by atoms with van der Waals surface area (Å²) in [5.74, 6) is 0. The molecule has 0 bridgehead atoms. The largest absolute Gasteiger partial charge is 1.00 e. The third kappa shape index (κ3) is 4.32. The maximum absolute atomic E-state index is 2.30. The Labute approximate surface area is 170 Å². The summed E-state index contributed by atoms with van der Waals surface area (Å²) in [6.45, 7) is 22.5. The van der Waals surface area contributed by atoms with E-state index >= 15 is 0 Å². The molecule has 4 heteroatoms. The average molecular weight is 404 g/mol. The fourth-order valence-electron chi connectivity index (χ4n) is 3.19. The van der Waals surface area contributed by atoms with Gasteiger partial charge in [0.2, 0.25) is 0 Å². The summed E-state index contributed by atoms with van der Waals surface area (Å²) < 4.78 is 0.627. The third-order valence-corrected chi connectivity index (χ3v) is 8.72. The molecule has 0 aliphatic heterocycles. The molecule has 0 aromatic rings. The van der Waals surface area contributed by atoms with Crippen LogP contribution in [0.2, 0.25) is 7.44 Å². The molecule has 0 unspecified atom stereocenters. The number of halogens is 2. The van der Waals surface area contributed by atoms with E-state index in [0.717, 1.165) is 0 Å². The van der Waals surface area contributed by atoms with Crippen LogP contribution in [0.1, 0.15) is 69.2 Å². The summed E-state index contributed by atoms with van der Waals surface area (Å²) >= 11 is 4.61. The quantitative estimate of drug-likeness (QED) is 0.525. The molecule has 0 aromatic heterocycles. The Bertz CT molecular complexity index is 522. The van der Waals surface area contributed by atoms with Crippen molar-refractivity contribution >= 4 is 0 Å². The molecule has 0 nitrogen and oxygen atoms in total. The van der Waals surface area contributed by atoms with Crippen LogP contribution < -0.4 is 9.41 Å². The molecule has 0 N–H and O–H groups in total. The van der Waals surface area contributed by atoms with E-state index in [1.54, 1.807) is 0 Å². The van der Waals surface area contributed by atoms with Crippen molar-refractivity contribution in [1.29, 1.82) is 0 Å². The molecule has 0 fully saturated rings. The predicted octanol–water partition coefficient (Wildman–Crippen LogP) is 0.804. The van der Waals surface area contributed by atoms with Gasteiger partial charge in [-0.3, -0.25) is 0 Å². The Morgan fingerprint density at radius 1 is 0.458 bits per heavy atom. The minimum atomic E-state index is 0. The van der Waals surface area contributed by atoms with Crippen molar-refractivity contribution < 1.29 is 50.3 Å². The molecule has 24 heavy (non-hydrogen) atoms. The Hall–Kier alpha value is 0.249. The number of rotatable bonds is 0. The molecule has 128 valence electrons. The van der Waals surface area contributed by atoms with Gasteiger partial charge in [0.1, 0.15) is 0 Å². The van der Waals surface area contributed by atoms with E-state index in [1.165, 1.54) is 44.6 Å². The van der Waals surface area contributed by atoms with Gasteiger partial charge in [-0.05, 0) is 0 Å². The minimum absolute atomic E-state index is 0. The van der Waals surface area contributed by atoms with Gasteiger partial charge in [-0.1, -0.05) is 0 Å². The zero-order valence-electron chi connectivity index (χ0n) is 16.8. The minimum Gasteiger partial charge on any atom is -1.00 e. The van der Waals surface area contributed by atoms with Crippen molar-refractivity contribution in [2.45, 2.75) is 76.7 Å². The Morgan fingerprint density at radius 3 is 0.625 bits per heavy atom. The topological polar surface area (TPSA) is 0 Å². The first-order valence-electron chi connectivity index (χ1n) is 8.00. The van der Waals surface area contributed by atoms with Gasteiger partial charge < -0.3 is 9.41 Å². The number of hydrogen-bond acceptors (Lipinski definition) is 0. The second kappa shape index (κ2) is 8.76. The van der Waals surface area contributed by atoms with E-state index in [9.17, 15) is 0 Å². The van der Waals surface area contributed by atoms with E-state index in [0.29, 0.717) is 7.44 Å². The average Bonchev–Trinajstić information content (AvgIpc) is 2.67. The normalized spacial score (nSPS) is 21.6. The molecule has 0 heterocycles. The van der Waals surface area contributed by atoms with Crippen LogP contribution in [0.3, 0.4) is 0 Å². The van der Waals surface area contributed by atoms with Crippen LogP contribution in [-0.4, -0.2) is 0 Å². The summed E-state index contributed by atoms with van der Waals surface area (Å²) in [6.07, 6.45) is 0. The summed E-state index contributed by atoms with van der Waals surface area (Å²) in [5, 5.41) is 0. The van der Waals surface area contributed by atoms with Gasteiger partial charge in [-0.25, -0.2) is 0 Å². The van der Waals surface area contributed by atoms with Crippen molar-refractivity contribution in [3.8, 4) is 0 Å². The second-order valence-electron chi connectivity index (χ2n) is 7.25. The fourth-order valence-corrected chi connectivity index (χ4v) is 4.36. The van der Waals surface area contributed by atoms with E-state index < -0.39 is 0 Å². The Kier molecular flexibility index (Phi) is 9.66. The van der Waals surface area contributed by atoms with E-state index in [4.69, 9.17) is 0 Å². The van der Waals surface area contributed by atoms with Crippen molar-refractivity contribution in [3.63, 3.8) is 0 Å². The first-order chi connectivity index (χ1) is 9.77. The molecule has 2 rings (SSSR count). The molecule has 0 saturated carbocycles. The first kappa shape index (κ1) is 26.5. The van der Waals surface area contributed by atoms with Gasteiger partial charge in [0.25, 0.3) is 0 Å². The number of hydrogen-bond donors (Lipinski definition) is 0. The van der Waals surface area contributed by atoms with Crippen LogP contribution >= 0.6 is 0 Å². The molecule has 0 radical (unpaired) electrons. The summed E-state index contributed by atoms with van der Waals surface area (Å²) in [4.78, 5) is 0. The number of allylic oxidation sites excluding steroid dienone is 8. The molecular formula is C20H30F2Ti2+4. The van der Waals surface area contributed by atoms with Crippen molar-refractivity contribution in [1.82, 2.24) is 0 Å². The van der Waals surface area contributed by atoms with Crippen LogP contribution in [-0.2, 0) is 40.9 Å². The standard InChI is InChI=1S/2C10H15.2FH.2Ti/c2*1-6-7(2)9(4)10(5)8(6)3;;;;/h2*1-5H3;2*1H;;/q;;;;2*+3/p-2. The van der Waals surface area contributed by atoms with E-state index in [1.807, 2.05) is 0 Å². The van der Waals surface area contributed by atoms with Gasteiger partial charge in [-0.2, -0.15) is 0 Å². The van der Waals surface area contributed by atoms with E-state index in [2.05, 4.69) is 110 Å². The third-order valence-electron chi connectivity index (χ3n) is 6.38. The fraction of sp³-hybridized carbons (Fsp3) is 0.600. The molecular weight excluding hydrogens is 374 g/mol.